The van der Waals surface area contributed by atoms with Crippen molar-refractivity contribution >= 4 is 5.69 Å². The molecule has 2 aromatic heterocycles. The van der Waals surface area contributed by atoms with Gasteiger partial charge >= 0.3 is 0 Å². The number of rotatable bonds is 18. The molecule has 0 bridgehead atoms. The molecule has 8 nitrogen and oxygen atoms in total. The zero-order valence-corrected chi connectivity index (χ0v) is 34.9. The topological polar surface area (TPSA) is 69.2 Å². The number of benzene rings is 3. The van der Waals surface area contributed by atoms with Crippen LogP contribution in [-0.2, 0) is 19.5 Å². The van der Waals surface area contributed by atoms with E-state index in [1.54, 1.807) is 21.3 Å². The number of unbranched alkanes of at least 4 members (excludes halogenated alkanes) is 1. The first-order valence-corrected chi connectivity index (χ1v) is 21.0. The Morgan fingerprint density at radius 3 is 2.23 bits per heavy atom. The van der Waals surface area contributed by atoms with E-state index in [4.69, 9.17) is 28.9 Å². The van der Waals surface area contributed by atoms with E-state index in [1.165, 1.54) is 46.3 Å². The predicted octanol–water partition coefficient (Wildman–Crippen LogP) is 10.8. The average Bonchev–Trinajstić information content (AvgIpc) is 4.10. The van der Waals surface area contributed by atoms with Crippen molar-refractivity contribution in [2.45, 2.75) is 97.2 Å². The molecule has 8 heteroatoms. The smallest absolute Gasteiger partial charge is 0.164 e. The molecule has 0 N–H and O–H groups in total. The Bertz CT molecular complexity index is 2090. The zero-order chi connectivity index (χ0) is 39.7. The van der Waals surface area contributed by atoms with Crippen LogP contribution in [0.1, 0.15) is 92.5 Å². The van der Waals surface area contributed by atoms with Crippen LogP contribution in [0.15, 0.2) is 85.3 Å². The van der Waals surface area contributed by atoms with Gasteiger partial charge in [-0.2, -0.15) is 0 Å². The first-order valence-electron chi connectivity index (χ1n) is 21.0. The maximum Gasteiger partial charge on any atom is 0.164 e. The summed E-state index contributed by atoms with van der Waals surface area (Å²) in [6.45, 7) is 11.0. The maximum absolute atomic E-state index is 6.05. The summed E-state index contributed by atoms with van der Waals surface area (Å²) in [5.74, 6) is 4.01. The molecular weight excluding hydrogens is 709 g/mol. The van der Waals surface area contributed by atoms with Crippen molar-refractivity contribution in [1.82, 2.24) is 14.9 Å². The van der Waals surface area contributed by atoms with Crippen molar-refractivity contribution in [1.29, 1.82) is 0 Å². The minimum Gasteiger partial charge on any atom is -0.496 e. The molecule has 5 aromatic rings. The molecule has 300 valence electrons. The number of anilines is 1. The number of hydrogen-bond donors (Lipinski definition) is 0. The second-order valence-corrected chi connectivity index (χ2v) is 15.8. The Morgan fingerprint density at radius 1 is 0.754 bits per heavy atom. The van der Waals surface area contributed by atoms with E-state index in [0.29, 0.717) is 12.0 Å². The molecule has 7 rings (SSSR count). The van der Waals surface area contributed by atoms with Gasteiger partial charge in [-0.15, -0.1) is 0 Å². The summed E-state index contributed by atoms with van der Waals surface area (Å²) in [7, 11) is 5.21. The number of likely N-dealkylation sites (tertiary alicyclic amines) is 1. The van der Waals surface area contributed by atoms with Gasteiger partial charge in [0.1, 0.15) is 11.5 Å². The van der Waals surface area contributed by atoms with Crippen LogP contribution in [0.3, 0.4) is 0 Å². The van der Waals surface area contributed by atoms with Crippen LogP contribution in [0, 0.1) is 6.92 Å². The minimum atomic E-state index is 0.379. The number of nitrogens with zero attached hydrogens (tertiary/aromatic N) is 4. The SMILES string of the molecule is CCCCOc1ccc(N(Cc2cncc(-c3cc(OC)c(OC)c(C4CC4)c3)c2)C2CCN(Cc3ccnc(-c4cc(CCC)c(C)c(OC)c4)c3)CC2)cc1. The fourth-order valence-corrected chi connectivity index (χ4v) is 8.30. The lowest BCUT2D eigenvalue weighted by atomic mass is 9.97. The second kappa shape index (κ2) is 18.9. The third-order valence-electron chi connectivity index (χ3n) is 11.7. The van der Waals surface area contributed by atoms with Gasteiger partial charge in [0.2, 0.25) is 0 Å². The van der Waals surface area contributed by atoms with Gasteiger partial charge in [0.15, 0.2) is 11.5 Å². The highest BCUT2D eigenvalue weighted by molar-refractivity contribution is 5.70. The molecule has 1 saturated heterocycles. The summed E-state index contributed by atoms with van der Waals surface area (Å²) in [6.07, 6.45) is 14.7. The molecule has 57 heavy (non-hydrogen) atoms. The molecule has 2 aliphatic rings. The van der Waals surface area contributed by atoms with Crippen LogP contribution in [0.2, 0.25) is 0 Å². The summed E-state index contributed by atoms with van der Waals surface area (Å²) in [5, 5.41) is 0. The zero-order valence-electron chi connectivity index (χ0n) is 34.9. The summed E-state index contributed by atoms with van der Waals surface area (Å²) in [6, 6.07) is 24.6. The van der Waals surface area contributed by atoms with Gasteiger partial charge in [-0.3, -0.25) is 14.9 Å². The third kappa shape index (κ3) is 9.73. The van der Waals surface area contributed by atoms with Crippen LogP contribution in [0.25, 0.3) is 22.4 Å². The third-order valence-corrected chi connectivity index (χ3v) is 11.7. The summed E-state index contributed by atoms with van der Waals surface area (Å²) in [5.41, 5.74) is 11.8. The lowest BCUT2D eigenvalue weighted by molar-refractivity contribution is 0.201. The van der Waals surface area contributed by atoms with Crippen LogP contribution >= 0.6 is 0 Å². The predicted molar refractivity (Wildman–Crippen MR) is 231 cm³/mol. The van der Waals surface area contributed by atoms with E-state index >= 15 is 0 Å². The Kier molecular flexibility index (Phi) is 13.3. The molecular formula is C49H60N4O4. The van der Waals surface area contributed by atoms with Gasteiger partial charge in [-0.1, -0.05) is 26.7 Å². The molecule has 0 spiro atoms. The van der Waals surface area contributed by atoms with Crippen LogP contribution < -0.4 is 23.8 Å². The standard InChI is InChI=1S/C49H60N4O4/c1-7-9-23-57-44-15-13-42(14-16-44)53(33-36-24-41(31-50-30-36)39-27-45(37-11-12-37)49(56-6)48(28-39)55-5)43-18-21-52(22-19-43)32-35-17-20-51-46(25-35)40-26-38(10-8-2)34(3)47(29-40)54-4/h13-17,20,24-31,37,43H,7-12,18-19,21-23,32-33H2,1-6H3. The molecule has 1 aliphatic heterocycles. The Hall–Kier alpha value is -5.08. The van der Waals surface area contributed by atoms with Crippen molar-refractivity contribution in [3.8, 4) is 45.4 Å². The molecule has 3 heterocycles. The van der Waals surface area contributed by atoms with Crippen LogP contribution in [0.4, 0.5) is 5.69 Å². The number of ether oxygens (including phenoxy) is 4. The first-order chi connectivity index (χ1) is 27.9. The number of aryl methyl sites for hydroxylation is 1. The Morgan fingerprint density at radius 2 is 1.53 bits per heavy atom. The van der Waals surface area contributed by atoms with E-state index in [-0.39, 0.29) is 0 Å². The molecule has 2 fully saturated rings. The lowest BCUT2D eigenvalue weighted by Gasteiger charge is -2.40. The number of piperidine rings is 1. The first kappa shape index (κ1) is 40.1. The highest BCUT2D eigenvalue weighted by atomic mass is 16.5. The van der Waals surface area contributed by atoms with Crippen molar-refractivity contribution in [3.05, 3.63) is 113 Å². The van der Waals surface area contributed by atoms with E-state index < -0.39 is 0 Å². The van der Waals surface area contributed by atoms with Gasteiger partial charge in [0.25, 0.3) is 0 Å². The summed E-state index contributed by atoms with van der Waals surface area (Å²) in [4.78, 5) is 14.7. The van der Waals surface area contributed by atoms with Crippen molar-refractivity contribution in [3.63, 3.8) is 0 Å². The highest BCUT2D eigenvalue weighted by Crippen LogP contribution is 2.49. The molecule has 0 atom stereocenters. The Balaban J connectivity index is 1.09. The monoisotopic (exact) mass is 768 g/mol. The van der Waals surface area contributed by atoms with Gasteiger partial charge in [-0.05, 0) is 146 Å². The molecule has 0 unspecified atom stereocenters. The van der Waals surface area contributed by atoms with Gasteiger partial charge in [0, 0.05) is 73.2 Å². The van der Waals surface area contributed by atoms with E-state index in [9.17, 15) is 0 Å². The number of hydrogen-bond acceptors (Lipinski definition) is 8. The normalized spacial score (nSPS) is 14.7. The van der Waals surface area contributed by atoms with Gasteiger partial charge in [0.05, 0.1) is 33.6 Å². The molecule has 1 saturated carbocycles. The van der Waals surface area contributed by atoms with Crippen molar-refractivity contribution < 1.29 is 18.9 Å². The van der Waals surface area contributed by atoms with Gasteiger partial charge < -0.3 is 23.8 Å². The molecule has 3 aromatic carbocycles. The van der Waals surface area contributed by atoms with E-state index in [2.05, 4.69) is 97.3 Å². The quantitative estimate of drug-likeness (QED) is 0.0817. The molecule has 0 radical (unpaired) electrons. The highest BCUT2D eigenvalue weighted by Gasteiger charge is 2.30. The minimum absolute atomic E-state index is 0.379. The lowest BCUT2D eigenvalue weighted by Crippen LogP contribution is -2.44. The fourth-order valence-electron chi connectivity index (χ4n) is 8.30. The van der Waals surface area contributed by atoms with E-state index in [0.717, 1.165) is 117 Å². The van der Waals surface area contributed by atoms with Crippen molar-refractivity contribution in [2.75, 3.05) is 45.9 Å². The largest absolute Gasteiger partial charge is 0.496 e. The number of methoxy groups -OCH3 is 3. The summed E-state index contributed by atoms with van der Waals surface area (Å²) >= 11 is 0. The fraction of sp³-hybridized carbons (Fsp3) is 0.429. The van der Waals surface area contributed by atoms with Gasteiger partial charge in [-0.25, -0.2) is 0 Å². The van der Waals surface area contributed by atoms with Crippen LogP contribution in [0.5, 0.6) is 23.0 Å². The number of pyridine rings is 2. The van der Waals surface area contributed by atoms with Crippen LogP contribution in [-0.4, -0.2) is 61.9 Å². The number of aromatic nitrogens is 2. The van der Waals surface area contributed by atoms with Crippen molar-refractivity contribution in [2.24, 2.45) is 0 Å². The Labute approximate surface area is 340 Å². The maximum atomic E-state index is 6.05. The molecule has 0 amide bonds. The summed E-state index contributed by atoms with van der Waals surface area (Å²) < 4.78 is 23.4. The average molecular weight is 769 g/mol. The van der Waals surface area contributed by atoms with E-state index in [1.807, 2.05) is 18.6 Å². The second-order valence-electron chi connectivity index (χ2n) is 15.8. The molecule has 1 aliphatic carbocycles.